The summed E-state index contributed by atoms with van der Waals surface area (Å²) in [5.74, 6) is 0. The van der Waals surface area contributed by atoms with E-state index in [1.165, 1.54) is 12.1 Å². The fraction of sp³-hybridized carbons (Fsp3) is 0.125. The minimum Gasteiger partial charge on any atom is -0.326 e. The van der Waals surface area contributed by atoms with Crippen LogP contribution in [0.1, 0.15) is 15.9 Å². The van der Waals surface area contributed by atoms with Crippen LogP contribution in [0.2, 0.25) is 0 Å². The zero-order valence-corrected chi connectivity index (χ0v) is 7.82. The number of nitrogens with zero attached hydrogens (tertiary/aromatic N) is 1. The summed E-state index contributed by atoms with van der Waals surface area (Å²) in [7, 11) is 0. The fourth-order valence-electron chi connectivity index (χ4n) is 1.03. The molecular formula is C8H7ClN2O3. The van der Waals surface area contributed by atoms with Gasteiger partial charge in [-0.3, -0.25) is 14.9 Å². The van der Waals surface area contributed by atoms with E-state index in [-0.39, 0.29) is 17.8 Å². The number of hydrogen-bond donors (Lipinski definition) is 1. The van der Waals surface area contributed by atoms with Crippen LogP contribution in [0.4, 0.5) is 5.69 Å². The molecule has 5 nitrogen and oxygen atoms in total. The van der Waals surface area contributed by atoms with Gasteiger partial charge in [0.1, 0.15) is 0 Å². The first kappa shape index (κ1) is 10.6. The maximum atomic E-state index is 10.7. The Morgan fingerprint density at radius 3 is 2.64 bits per heavy atom. The topological polar surface area (TPSA) is 86.2 Å². The van der Waals surface area contributed by atoms with Crippen molar-refractivity contribution in [2.24, 2.45) is 5.73 Å². The number of hydrogen-bond acceptors (Lipinski definition) is 4. The molecule has 74 valence electrons. The van der Waals surface area contributed by atoms with Crippen molar-refractivity contribution in [1.82, 2.24) is 0 Å². The number of nitro groups is 1. The van der Waals surface area contributed by atoms with Crippen LogP contribution >= 0.6 is 11.6 Å². The predicted octanol–water partition coefficient (Wildman–Crippen LogP) is 1.43. The summed E-state index contributed by atoms with van der Waals surface area (Å²) in [5.41, 5.74) is 5.58. The van der Waals surface area contributed by atoms with Gasteiger partial charge >= 0.3 is 0 Å². The Bertz CT molecular complexity index is 392. The average molecular weight is 215 g/mol. The van der Waals surface area contributed by atoms with E-state index in [2.05, 4.69) is 0 Å². The lowest BCUT2D eigenvalue weighted by atomic mass is 10.1. The Morgan fingerprint density at radius 2 is 2.21 bits per heavy atom. The van der Waals surface area contributed by atoms with Crippen molar-refractivity contribution >= 4 is 22.5 Å². The Kier molecular flexibility index (Phi) is 3.16. The molecule has 6 heteroatoms. The third-order valence-electron chi connectivity index (χ3n) is 1.73. The van der Waals surface area contributed by atoms with E-state index >= 15 is 0 Å². The molecule has 0 heterocycles. The van der Waals surface area contributed by atoms with Gasteiger partial charge in [-0.1, -0.05) is 6.07 Å². The lowest BCUT2D eigenvalue weighted by Gasteiger charge is -2.00. The van der Waals surface area contributed by atoms with Crippen molar-refractivity contribution in [2.75, 3.05) is 0 Å². The van der Waals surface area contributed by atoms with Crippen LogP contribution in [0.25, 0.3) is 0 Å². The summed E-state index contributed by atoms with van der Waals surface area (Å²) in [5, 5.41) is 9.83. The van der Waals surface area contributed by atoms with Crippen LogP contribution in [-0.4, -0.2) is 10.2 Å². The SMILES string of the molecule is NCc1ccc(C(=O)Cl)cc1[N+](=O)[O-]. The maximum absolute atomic E-state index is 10.7. The fourth-order valence-corrected chi connectivity index (χ4v) is 1.15. The first-order valence-corrected chi connectivity index (χ1v) is 4.11. The van der Waals surface area contributed by atoms with Gasteiger partial charge in [-0.15, -0.1) is 0 Å². The second-order valence-corrected chi connectivity index (χ2v) is 2.92. The van der Waals surface area contributed by atoms with Crippen LogP contribution in [0.3, 0.4) is 0 Å². The second kappa shape index (κ2) is 4.17. The molecule has 0 radical (unpaired) electrons. The number of carbonyl (C=O) groups excluding carboxylic acids is 1. The number of nitrogens with two attached hydrogens (primary N) is 1. The molecule has 0 aliphatic heterocycles. The predicted molar refractivity (Wildman–Crippen MR) is 51.2 cm³/mol. The van der Waals surface area contributed by atoms with Crippen LogP contribution in [-0.2, 0) is 6.54 Å². The third-order valence-corrected chi connectivity index (χ3v) is 1.95. The van der Waals surface area contributed by atoms with Crippen molar-refractivity contribution in [3.8, 4) is 0 Å². The molecule has 0 saturated carbocycles. The lowest BCUT2D eigenvalue weighted by Crippen LogP contribution is -2.03. The minimum absolute atomic E-state index is 0.0487. The molecule has 1 rings (SSSR count). The molecule has 14 heavy (non-hydrogen) atoms. The highest BCUT2D eigenvalue weighted by molar-refractivity contribution is 6.67. The molecule has 0 amide bonds. The summed E-state index contributed by atoms with van der Waals surface area (Å²) in [6, 6.07) is 3.95. The molecule has 0 fully saturated rings. The summed E-state index contributed by atoms with van der Waals surface area (Å²) in [6.45, 7) is 0.0487. The highest BCUT2D eigenvalue weighted by atomic mass is 35.5. The third kappa shape index (κ3) is 2.07. The largest absolute Gasteiger partial charge is 0.326 e. The average Bonchev–Trinajstić information content (AvgIpc) is 2.16. The Hall–Kier alpha value is -1.46. The Labute approximate surface area is 84.6 Å². The highest BCUT2D eigenvalue weighted by Crippen LogP contribution is 2.20. The second-order valence-electron chi connectivity index (χ2n) is 2.58. The normalized spacial score (nSPS) is 9.86. The maximum Gasteiger partial charge on any atom is 0.274 e. The van der Waals surface area contributed by atoms with Gasteiger partial charge in [0, 0.05) is 23.7 Å². The molecule has 0 unspecified atom stereocenters. The van der Waals surface area contributed by atoms with Crippen molar-refractivity contribution in [3.05, 3.63) is 39.4 Å². The van der Waals surface area contributed by atoms with Crippen molar-refractivity contribution in [2.45, 2.75) is 6.54 Å². The summed E-state index contributed by atoms with van der Waals surface area (Å²) in [6.07, 6.45) is 0. The lowest BCUT2D eigenvalue weighted by molar-refractivity contribution is -0.385. The molecular weight excluding hydrogens is 208 g/mol. The van der Waals surface area contributed by atoms with Crippen molar-refractivity contribution in [3.63, 3.8) is 0 Å². The summed E-state index contributed by atoms with van der Waals surface area (Å²) >= 11 is 5.18. The number of carbonyl (C=O) groups is 1. The zero-order valence-electron chi connectivity index (χ0n) is 7.07. The van der Waals surface area contributed by atoms with E-state index in [0.29, 0.717) is 5.56 Å². The van der Waals surface area contributed by atoms with Crippen LogP contribution < -0.4 is 5.73 Å². The number of rotatable bonds is 3. The molecule has 0 aliphatic carbocycles. The van der Waals surface area contributed by atoms with E-state index in [9.17, 15) is 14.9 Å². The first-order valence-electron chi connectivity index (χ1n) is 3.73. The molecule has 0 aromatic heterocycles. The van der Waals surface area contributed by atoms with Gasteiger partial charge in [0.25, 0.3) is 10.9 Å². The van der Waals surface area contributed by atoms with Gasteiger partial charge < -0.3 is 5.73 Å². The molecule has 0 spiro atoms. The first-order chi connectivity index (χ1) is 6.56. The minimum atomic E-state index is -0.725. The number of nitro benzene ring substituents is 1. The van der Waals surface area contributed by atoms with Gasteiger partial charge in [0.05, 0.1) is 4.92 Å². The number of benzene rings is 1. The summed E-state index contributed by atoms with van der Waals surface area (Å²) < 4.78 is 0. The van der Waals surface area contributed by atoms with Crippen LogP contribution in [0.15, 0.2) is 18.2 Å². The van der Waals surface area contributed by atoms with E-state index in [1.54, 1.807) is 0 Å². The summed E-state index contributed by atoms with van der Waals surface area (Å²) in [4.78, 5) is 20.7. The standard InChI is InChI=1S/C8H7ClN2O3/c9-8(12)5-1-2-6(4-10)7(3-5)11(13)14/h1-3H,4,10H2. The smallest absolute Gasteiger partial charge is 0.274 e. The molecule has 1 aromatic carbocycles. The van der Waals surface area contributed by atoms with E-state index < -0.39 is 10.2 Å². The molecule has 0 aliphatic rings. The van der Waals surface area contributed by atoms with Gasteiger partial charge in [0.2, 0.25) is 0 Å². The van der Waals surface area contributed by atoms with Gasteiger partial charge in [-0.05, 0) is 17.7 Å². The van der Waals surface area contributed by atoms with E-state index in [1.807, 2.05) is 0 Å². The zero-order chi connectivity index (χ0) is 10.7. The molecule has 1 aromatic rings. The molecule has 2 N–H and O–H groups in total. The van der Waals surface area contributed by atoms with Crippen LogP contribution in [0, 0.1) is 10.1 Å². The monoisotopic (exact) mass is 214 g/mol. The quantitative estimate of drug-likeness (QED) is 0.469. The highest BCUT2D eigenvalue weighted by Gasteiger charge is 2.15. The van der Waals surface area contributed by atoms with Crippen LogP contribution in [0.5, 0.6) is 0 Å². The number of halogens is 1. The van der Waals surface area contributed by atoms with E-state index in [4.69, 9.17) is 17.3 Å². The molecule has 0 atom stereocenters. The molecule has 0 saturated heterocycles. The van der Waals surface area contributed by atoms with Crippen molar-refractivity contribution in [1.29, 1.82) is 0 Å². The van der Waals surface area contributed by atoms with Gasteiger partial charge in [-0.25, -0.2) is 0 Å². The Balaban J connectivity index is 3.27. The Morgan fingerprint density at radius 1 is 1.57 bits per heavy atom. The van der Waals surface area contributed by atoms with Gasteiger partial charge in [0.15, 0.2) is 0 Å². The molecule has 0 bridgehead atoms. The van der Waals surface area contributed by atoms with Crippen molar-refractivity contribution < 1.29 is 9.72 Å². The van der Waals surface area contributed by atoms with E-state index in [0.717, 1.165) is 6.07 Å². The van der Waals surface area contributed by atoms with Gasteiger partial charge in [-0.2, -0.15) is 0 Å².